The third-order valence-corrected chi connectivity index (χ3v) is 4.17. The molecule has 0 radical (unpaired) electrons. The Balaban J connectivity index is 2.35. The molecule has 0 amide bonds. The van der Waals surface area contributed by atoms with E-state index in [9.17, 15) is 0 Å². The highest BCUT2D eigenvalue weighted by Gasteiger charge is 2.14. The van der Waals surface area contributed by atoms with E-state index in [0.717, 1.165) is 14.7 Å². The van der Waals surface area contributed by atoms with Gasteiger partial charge in [-0.15, -0.1) is 0 Å². The molecular weight excluding hydrogens is 382 g/mol. The Hall–Kier alpha value is -0.840. The van der Waals surface area contributed by atoms with Crippen LogP contribution >= 0.6 is 31.9 Å². The molecule has 0 saturated heterocycles. The zero-order valence-corrected chi connectivity index (χ0v) is 14.7. The number of nitrogens with one attached hydrogen (secondary N) is 1. The van der Waals surface area contributed by atoms with Crippen LogP contribution in [-0.2, 0) is 0 Å². The Morgan fingerprint density at radius 3 is 2.45 bits per heavy atom. The zero-order valence-electron chi connectivity index (χ0n) is 11.5. The molecule has 2 rings (SSSR count). The molecule has 0 aliphatic carbocycles. The van der Waals surface area contributed by atoms with Gasteiger partial charge in [-0.25, -0.2) is 0 Å². The Morgan fingerprint density at radius 2 is 1.85 bits per heavy atom. The Labute approximate surface area is 136 Å². The summed E-state index contributed by atoms with van der Waals surface area (Å²) in [4.78, 5) is 0. The fourth-order valence-electron chi connectivity index (χ4n) is 2.18. The fourth-order valence-corrected chi connectivity index (χ4v) is 3.11. The van der Waals surface area contributed by atoms with Crippen molar-refractivity contribution in [3.8, 4) is 5.75 Å². The average molecular weight is 399 g/mol. The van der Waals surface area contributed by atoms with E-state index in [4.69, 9.17) is 4.74 Å². The van der Waals surface area contributed by atoms with E-state index in [1.165, 1.54) is 11.1 Å². The third-order valence-electron chi connectivity index (χ3n) is 3.06. The summed E-state index contributed by atoms with van der Waals surface area (Å²) in [6, 6.07) is 14.7. The van der Waals surface area contributed by atoms with Gasteiger partial charge in [0.15, 0.2) is 0 Å². The largest absolute Gasteiger partial charge is 0.493 e. The monoisotopic (exact) mass is 397 g/mol. The van der Waals surface area contributed by atoms with Crippen LogP contribution in [0.25, 0.3) is 0 Å². The van der Waals surface area contributed by atoms with Crippen molar-refractivity contribution in [1.82, 2.24) is 5.32 Å². The molecule has 0 fully saturated rings. The summed E-state index contributed by atoms with van der Waals surface area (Å²) in [5.41, 5.74) is 2.42. The van der Waals surface area contributed by atoms with Gasteiger partial charge in [-0.3, -0.25) is 0 Å². The molecule has 0 aliphatic rings. The smallest absolute Gasteiger partial charge is 0.133 e. The minimum atomic E-state index is 0.152. The highest BCUT2D eigenvalue weighted by molar-refractivity contribution is 9.10. The van der Waals surface area contributed by atoms with Crippen LogP contribution in [0.15, 0.2) is 51.4 Å². The Kier molecular flexibility index (Phi) is 5.64. The van der Waals surface area contributed by atoms with Crippen molar-refractivity contribution in [3.63, 3.8) is 0 Å². The lowest BCUT2D eigenvalue weighted by Crippen LogP contribution is -2.17. The van der Waals surface area contributed by atoms with Crippen LogP contribution in [0.3, 0.4) is 0 Å². The SMILES string of the molecule is CCOc1ccc(C(NC)c2cccc(Br)c2)cc1Br. The van der Waals surface area contributed by atoms with Gasteiger partial charge in [0, 0.05) is 4.47 Å². The Morgan fingerprint density at radius 1 is 1.10 bits per heavy atom. The molecular formula is C16H17Br2NO. The van der Waals surface area contributed by atoms with Crippen LogP contribution < -0.4 is 10.1 Å². The van der Waals surface area contributed by atoms with Crippen molar-refractivity contribution < 1.29 is 4.74 Å². The van der Waals surface area contributed by atoms with Crippen LogP contribution in [-0.4, -0.2) is 13.7 Å². The lowest BCUT2D eigenvalue weighted by atomic mass is 9.99. The fraction of sp³-hybridized carbons (Fsp3) is 0.250. The summed E-state index contributed by atoms with van der Waals surface area (Å²) < 4.78 is 7.62. The minimum absolute atomic E-state index is 0.152. The lowest BCUT2D eigenvalue weighted by Gasteiger charge is -2.18. The van der Waals surface area contributed by atoms with Crippen LogP contribution in [0, 0.1) is 0 Å². The van der Waals surface area contributed by atoms with Gasteiger partial charge in [0.1, 0.15) is 5.75 Å². The first kappa shape index (κ1) is 15.5. The van der Waals surface area contributed by atoms with E-state index >= 15 is 0 Å². The van der Waals surface area contributed by atoms with Gasteiger partial charge in [0.25, 0.3) is 0 Å². The summed E-state index contributed by atoms with van der Waals surface area (Å²) in [5.74, 6) is 0.875. The molecule has 1 atom stereocenters. The normalized spacial score (nSPS) is 12.2. The van der Waals surface area contributed by atoms with Crippen molar-refractivity contribution >= 4 is 31.9 Å². The molecule has 0 aromatic heterocycles. The molecule has 106 valence electrons. The first-order valence-electron chi connectivity index (χ1n) is 6.50. The van der Waals surface area contributed by atoms with Gasteiger partial charge < -0.3 is 10.1 Å². The van der Waals surface area contributed by atoms with E-state index in [1.54, 1.807) is 0 Å². The van der Waals surface area contributed by atoms with Gasteiger partial charge in [-0.1, -0.05) is 34.1 Å². The topological polar surface area (TPSA) is 21.3 Å². The van der Waals surface area contributed by atoms with Crippen molar-refractivity contribution in [1.29, 1.82) is 0 Å². The number of benzene rings is 2. The molecule has 1 N–H and O–H groups in total. The second-order valence-corrected chi connectivity index (χ2v) is 6.17. The van der Waals surface area contributed by atoms with E-state index in [1.807, 2.05) is 32.2 Å². The number of hydrogen-bond acceptors (Lipinski definition) is 2. The quantitative estimate of drug-likeness (QED) is 0.771. The maximum absolute atomic E-state index is 5.56. The van der Waals surface area contributed by atoms with Gasteiger partial charge in [-0.2, -0.15) is 0 Å². The van der Waals surface area contributed by atoms with Crippen molar-refractivity contribution in [2.75, 3.05) is 13.7 Å². The van der Waals surface area contributed by atoms with E-state index in [2.05, 4.69) is 61.4 Å². The van der Waals surface area contributed by atoms with Crippen molar-refractivity contribution in [3.05, 3.63) is 62.5 Å². The number of halogens is 2. The first-order chi connectivity index (χ1) is 9.65. The van der Waals surface area contributed by atoms with Crippen LogP contribution in [0.1, 0.15) is 24.1 Å². The van der Waals surface area contributed by atoms with E-state index in [0.29, 0.717) is 6.61 Å². The predicted octanol–water partition coefficient (Wildman–Crippen LogP) is 4.92. The molecule has 2 aromatic carbocycles. The van der Waals surface area contributed by atoms with Gasteiger partial charge >= 0.3 is 0 Å². The van der Waals surface area contributed by atoms with Crippen molar-refractivity contribution in [2.45, 2.75) is 13.0 Å². The van der Waals surface area contributed by atoms with E-state index < -0.39 is 0 Å². The van der Waals surface area contributed by atoms with Crippen LogP contribution in [0.4, 0.5) is 0 Å². The summed E-state index contributed by atoms with van der Waals surface area (Å²) in [5, 5.41) is 3.36. The van der Waals surface area contributed by atoms with Gasteiger partial charge in [-0.05, 0) is 65.3 Å². The highest BCUT2D eigenvalue weighted by Crippen LogP contribution is 2.31. The molecule has 20 heavy (non-hydrogen) atoms. The number of hydrogen-bond donors (Lipinski definition) is 1. The minimum Gasteiger partial charge on any atom is -0.493 e. The molecule has 1 unspecified atom stereocenters. The van der Waals surface area contributed by atoms with E-state index in [-0.39, 0.29) is 6.04 Å². The molecule has 4 heteroatoms. The third kappa shape index (κ3) is 3.62. The second kappa shape index (κ2) is 7.25. The number of ether oxygens (including phenoxy) is 1. The maximum Gasteiger partial charge on any atom is 0.133 e. The standard InChI is InChI=1S/C16H17Br2NO/c1-3-20-15-8-7-12(10-14(15)18)16(19-2)11-5-4-6-13(17)9-11/h4-10,16,19H,3H2,1-2H3. The predicted molar refractivity (Wildman–Crippen MR) is 90.4 cm³/mol. The van der Waals surface area contributed by atoms with Gasteiger partial charge in [0.2, 0.25) is 0 Å². The first-order valence-corrected chi connectivity index (χ1v) is 8.09. The molecule has 2 nitrogen and oxygen atoms in total. The summed E-state index contributed by atoms with van der Waals surface area (Å²) in [7, 11) is 1.97. The number of rotatable bonds is 5. The lowest BCUT2D eigenvalue weighted by molar-refractivity contribution is 0.338. The molecule has 0 aliphatic heterocycles. The van der Waals surface area contributed by atoms with Crippen LogP contribution in [0.5, 0.6) is 5.75 Å². The molecule has 2 aromatic rings. The molecule has 0 heterocycles. The zero-order chi connectivity index (χ0) is 14.5. The molecule has 0 spiro atoms. The highest BCUT2D eigenvalue weighted by atomic mass is 79.9. The summed E-state index contributed by atoms with van der Waals surface area (Å²) in [6.07, 6.45) is 0. The molecule has 0 bridgehead atoms. The second-order valence-electron chi connectivity index (χ2n) is 4.40. The maximum atomic E-state index is 5.56. The Bertz CT molecular complexity index is 586. The summed E-state index contributed by atoms with van der Waals surface area (Å²) in [6.45, 7) is 2.65. The molecule has 0 saturated carbocycles. The van der Waals surface area contributed by atoms with Crippen LogP contribution in [0.2, 0.25) is 0 Å². The average Bonchev–Trinajstić information content (AvgIpc) is 2.43. The van der Waals surface area contributed by atoms with Crippen molar-refractivity contribution in [2.24, 2.45) is 0 Å². The summed E-state index contributed by atoms with van der Waals surface area (Å²) >= 11 is 7.09. The van der Waals surface area contributed by atoms with Gasteiger partial charge in [0.05, 0.1) is 17.1 Å².